The molecule has 1 aromatic rings. The van der Waals surface area contributed by atoms with Crippen molar-refractivity contribution in [1.82, 2.24) is 10.6 Å². The molecule has 2 fully saturated rings. The van der Waals surface area contributed by atoms with E-state index in [0.29, 0.717) is 5.92 Å². The van der Waals surface area contributed by atoms with Crippen LogP contribution in [0, 0.1) is 11.8 Å². The van der Waals surface area contributed by atoms with Crippen LogP contribution in [-0.4, -0.2) is 25.5 Å². The van der Waals surface area contributed by atoms with E-state index in [0.717, 1.165) is 24.1 Å². The smallest absolute Gasteiger partial charge is 0.223 e. The molecule has 3 nitrogen and oxygen atoms in total. The number of hydrogen-bond acceptors (Lipinski definition) is 2. The Balaban J connectivity index is 0.00000176. The third kappa shape index (κ3) is 3.50. The maximum Gasteiger partial charge on any atom is 0.223 e. The second-order valence-corrected chi connectivity index (χ2v) is 7.48. The largest absolute Gasteiger partial charge is 0.355 e. The summed E-state index contributed by atoms with van der Waals surface area (Å²) in [5, 5.41) is 6.45. The summed E-state index contributed by atoms with van der Waals surface area (Å²) in [4.78, 5) is 12.3. The summed E-state index contributed by atoms with van der Waals surface area (Å²) in [5.41, 5.74) is 1.52. The fourth-order valence-electron chi connectivity index (χ4n) is 3.27. The fourth-order valence-corrected chi connectivity index (χ4v) is 3.53. The monoisotopic (exact) mass is 386 g/mol. The standard InChI is InChI=1S/C17H23BrN2O.ClH/c1-12(13-9-19-10-13)16(21)20-11-17(7-2-8-17)14-3-5-15(18)6-4-14;/h3-6,12-13,19H,2,7-11H2,1H3,(H,20,21);1H. The average Bonchev–Trinajstić information content (AvgIpc) is 2.37. The Morgan fingerprint density at radius 2 is 2.00 bits per heavy atom. The molecule has 1 aromatic carbocycles. The zero-order valence-corrected chi connectivity index (χ0v) is 15.3. The predicted octanol–water partition coefficient (Wildman–Crippen LogP) is 3.26. The minimum absolute atomic E-state index is 0. The Kier molecular flexibility index (Phi) is 5.92. The van der Waals surface area contributed by atoms with Gasteiger partial charge >= 0.3 is 0 Å². The van der Waals surface area contributed by atoms with Gasteiger partial charge in [-0.3, -0.25) is 4.79 Å². The summed E-state index contributed by atoms with van der Waals surface area (Å²) in [6, 6.07) is 8.57. The van der Waals surface area contributed by atoms with Crippen molar-refractivity contribution in [1.29, 1.82) is 0 Å². The summed E-state index contributed by atoms with van der Waals surface area (Å²) in [6.07, 6.45) is 3.61. The SMILES string of the molecule is CC(C(=O)NCC1(c2ccc(Br)cc2)CCC1)C1CNC1.Cl. The lowest BCUT2D eigenvalue weighted by atomic mass is 9.64. The Morgan fingerprint density at radius 3 is 2.45 bits per heavy atom. The molecule has 1 atom stereocenters. The van der Waals surface area contributed by atoms with Crippen LogP contribution in [0.2, 0.25) is 0 Å². The van der Waals surface area contributed by atoms with E-state index in [-0.39, 0.29) is 29.6 Å². The highest BCUT2D eigenvalue weighted by Crippen LogP contribution is 2.43. The number of carbonyl (C=O) groups excluding carboxylic acids is 1. The molecule has 1 amide bonds. The van der Waals surface area contributed by atoms with Gasteiger partial charge in [-0.25, -0.2) is 0 Å². The van der Waals surface area contributed by atoms with Gasteiger partial charge in [-0.1, -0.05) is 41.4 Å². The molecule has 5 heteroatoms. The van der Waals surface area contributed by atoms with E-state index in [2.05, 4.69) is 50.8 Å². The van der Waals surface area contributed by atoms with Crippen molar-refractivity contribution in [2.24, 2.45) is 11.8 Å². The lowest BCUT2D eigenvalue weighted by Gasteiger charge is -2.43. The van der Waals surface area contributed by atoms with Crippen molar-refractivity contribution in [3.63, 3.8) is 0 Å². The van der Waals surface area contributed by atoms with Gasteiger partial charge in [-0.2, -0.15) is 0 Å². The van der Waals surface area contributed by atoms with Crippen molar-refractivity contribution in [2.45, 2.75) is 31.6 Å². The van der Waals surface area contributed by atoms with Gasteiger partial charge in [0.1, 0.15) is 0 Å². The summed E-state index contributed by atoms with van der Waals surface area (Å²) in [5.74, 6) is 0.841. The zero-order chi connectivity index (χ0) is 14.9. The molecule has 1 heterocycles. The van der Waals surface area contributed by atoms with Crippen molar-refractivity contribution >= 4 is 34.2 Å². The van der Waals surface area contributed by atoms with Crippen LogP contribution in [0.25, 0.3) is 0 Å². The summed E-state index contributed by atoms with van der Waals surface area (Å²) in [6.45, 7) is 4.78. The summed E-state index contributed by atoms with van der Waals surface area (Å²) in [7, 11) is 0. The molecule has 1 aliphatic carbocycles. The molecule has 0 bridgehead atoms. The Hall–Kier alpha value is -0.580. The molecule has 2 N–H and O–H groups in total. The molecule has 122 valence electrons. The second-order valence-electron chi connectivity index (χ2n) is 6.57. The van der Waals surface area contributed by atoms with Crippen LogP contribution >= 0.6 is 28.3 Å². The molecule has 0 aromatic heterocycles. The van der Waals surface area contributed by atoms with Gasteiger partial charge in [-0.15, -0.1) is 12.4 Å². The van der Waals surface area contributed by atoms with Crippen LogP contribution < -0.4 is 10.6 Å². The number of rotatable bonds is 5. The van der Waals surface area contributed by atoms with Crippen LogP contribution in [0.5, 0.6) is 0 Å². The van der Waals surface area contributed by atoms with Gasteiger partial charge in [0.2, 0.25) is 5.91 Å². The topological polar surface area (TPSA) is 41.1 Å². The molecular weight excluding hydrogens is 364 g/mol. The number of hydrogen-bond donors (Lipinski definition) is 2. The molecule has 0 radical (unpaired) electrons. The fraction of sp³-hybridized carbons (Fsp3) is 0.588. The lowest BCUT2D eigenvalue weighted by Crippen LogP contribution is -2.52. The first-order chi connectivity index (χ1) is 10.1. The Bertz CT molecular complexity index is 512. The first-order valence-electron chi connectivity index (χ1n) is 7.85. The molecule has 2 aliphatic rings. The average molecular weight is 388 g/mol. The van der Waals surface area contributed by atoms with Crippen molar-refractivity contribution in [2.75, 3.05) is 19.6 Å². The molecule has 1 unspecified atom stereocenters. The summed E-state index contributed by atoms with van der Waals surface area (Å²) >= 11 is 3.49. The van der Waals surface area contributed by atoms with E-state index >= 15 is 0 Å². The highest BCUT2D eigenvalue weighted by atomic mass is 79.9. The number of halogens is 2. The van der Waals surface area contributed by atoms with Gasteiger partial charge in [0.25, 0.3) is 0 Å². The van der Waals surface area contributed by atoms with E-state index in [9.17, 15) is 4.79 Å². The van der Waals surface area contributed by atoms with Gasteiger partial charge in [0, 0.05) is 22.4 Å². The van der Waals surface area contributed by atoms with Gasteiger partial charge in [0.05, 0.1) is 0 Å². The highest BCUT2D eigenvalue weighted by Gasteiger charge is 2.39. The number of amides is 1. The summed E-state index contributed by atoms with van der Waals surface area (Å²) < 4.78 is 1.11. The molecular formula is C17H24BrClN2O. The maximum absolute atomic E-state index is 12.3. The molecule has 22 heavy (non-hydrogen) atoms. The van der Waals surface area contributed by atoms with E-state index < -0.39 is 0 Å². The third-order valence-corrected chi connectivity index (χ3v) is 5.83. The van der Waals surface area contributed by atoms with Crippen molar-refractivity contribution < 1.29 is 4.79 Å². The molecule has 3 rings (SSSR count). The zero-order valence-electron chi connectivity index (χ0n) is 12.9. The minimum atomic E-state index is 0. The van der Waals surface area contributed by atoms with Crippen LogP contribution in [0.15, 0.2) is 28.7 Å². The van der Waals surface area contributed by atoms with E-state index in [1.54, 1.807) is 0 Å². The van der Waals surface area contributed by atoms with Crippen LogP contribution in [0.4, 0.5) is 0 Å². The lowest BCUT2D eigenvalue weighted by molar-refractivity contribution is -0.127. The number of benzene rings is 1. The molecule has 1 aliphatic heterocycles. The van der Waals surface area contributed by atoms with E-state index in [1.165, 1.54) is 24.8 Å². The number of nitrogens with one attached hydrogen (secondary N) is 2. The van der Waals surface area contributed by atoms with Gasteiger partial charge in [-0.05, 0) is 49.5 Å². The second kappa shape index (κ2) is 7.33. The van der Waals surface area contributed by atoms with Gasteiger partial charge < -0.3 is 10.6 Å². The third-order valence-electron chi connectivity index (χ3n) is 5.30. The molecule has 1 saturated carbocycles. The van der Waals surface area contributed by atoms with E-state index in [1.807, 2.05) is 6.92 Å². The number of carbonyl (C=O) groups is 1. The minimum Gasteiger partial charge on any atom is -0.355 e. The van der Waals surface area contributed by atoms with Crippen molar-refractivity contribution in [3.8, 4) is 0 Å². The molecule has 1 saturated heterocycles. The Labute approximate surface area is 147 Å². The molecule has 0 spiro atoms. The normalized spacial score (nSPS) is 21.0. The van der Waals surface area contributed by atoms with Crippen LogP contribution in [0.1, 0.15) is 31.7 Å². The maximum atomic E-state index is 12.3. The first kappa shape index (κ1) is 17.8. The van der Waals surface area contributed by atoms with Crippen LogP contribution in [-0.2, 0) is 10.2 Å². The van der Waals surface area contributed by atoms with Crippen LogP contribution in [0.3, 0.4) is 0 Å². The quantitative estimate of drug-likeness (QED) is 0.814. The highest BCUT2D eigenvalue weighted by molar-refractivity contribution is 9.10. The first-order valence-corrected chi connectivity index (χ1v) is 8.64. The van der Waals surface area contributed by atoms with Gasteiger partial charge in [0.15, 0.2) is 0 Å². The van der Waals surface area contributed by atoms with E-state index in [4.69, 9.17) is 0 Å². The Morgan fingerprint density at radius 1 is 1.36 bits per heavy atom. The van der Waals surface area contributed by atoms with Crippen molar-refractivity contribution in [3.05, 3.63) is 34.3 Å². The predicted molar refractivity (Wildman–Crippen MR) is 95.5 cm³/mol.